The second-order valence-corrected chi connectivity index (χ2v) is 11.2. The number of carbonyl (C=O) groups is 2. The quantitative estimate of drug-likeness (QED) is 0.602. The molecular weight excluding hydrogens is 250 g/mol. The molecule has 2 N–H and O–H groups in total. The number of aliphatic carboxylic acids is 1. The molecule has 104 valence electrons. The van der Waals surface area contributed by atoms with E-state index in [1.165, 1.54) is 0 Å². The molecule has 1 aliphatic rings. The number of carbonyl (C=O) groups excluding carboxylic acids is 1. The monoisotopic (exact) mass is 273 g/mol. The number of amides is 1. The first-order chi connectivity index (χ1) is 7.97. The van der Waals surface area contributed by atoms with Crippen LogP contribution >= 0.6 is 0 Å². The van der Waals surface area contributed by atoms with Gasteiger partial charge in [-0.05, 0) is 25.1 Å². The highest BCUT2D eigenvalue weighted by molar-refractivity contribution is 6.74. The van der Waals surface area contributed by atoms with Crippen molar-refractivity contribution in [3.63, 3.8) is 0 Å². The zero-order chi connectivity index (χ0) is 14.3. The Kier molecular flexibility index (Phi) is 3.93. The van der Waals surface area contributed by atoms with Crippen LogP contribution in [0.4, 0.5) is 0 Å². The van der Waals surface area contributed by atoms with Crippen molar-refractivity contribution in [1.82, 2.24) is 5.32 Å². The van der Waals surface area contributed by atoms with Crippen molar-refractivity contribution in [1.29, 1.82) is 0 Å². The van der Waals surface area contributed by atoms with E-state index in [-0.39, 0.29) is 17.0 Å². The fraction of sp³-hybridized carbons (Fsp3) is 0.833. The smallest absolute Gasteiger partial charge is 0.327 e. The minimum Gasteiger partial charge on any atom is -0.480 e. The van der Waals surface area contributed by atoms with Crippen LogP contribution in [0.2, 0.25) is 18.1 Å². The maximum Gasteiger partial charge on any atom is 0.327 e. The van der Waals surface area contributed by atoms with Gasteiger partial charge in [-0.1, -0.05) is 20.8 Å². The van der Waals surface area contributed by atoms with E-state index in [2.05, 4.69) is 39.2 Å². The number of carboxylic acids is 1. The Bertz CT molecular complexity index is 362. The number of nitrogens with one attached hydrogen (secondary N) is 1. The summed E-state index contributed by atoms with van der Waals surface area (Å²) in [5.74, 6) is -1.80. The molecule has 0 aromatic carbocycles. The van der Waals surface area contributed by atoms with Crippen LogP contribution in [0.15, 0.2) is 0 Å². The fourth-order valence-corrected chi connectivity index (χ4v) is 3.24. The molecule has 0 aromatic rings. The Morgan fingerprint density at radius 1 is 1.44 bits per heavy atom. The Balaban J connectivity index is 2.74. The van der Waals surface area contributed by atoms with Crippen LogP contribution in [-0.2, 0) is 14.0 Å². The second kappa shape index (κ2) is 4.66. The maximum absolute atomic E-state index is 11.5. The largest absolute Gasteiger partial charge is 0.480 e. The van der Waals surface area contributed by atoms with Gasteiger partial charge in [-0.25, -0.2) is 4.79 Å². The van der Waals surface area contributed by atoms with Gasteiger partial charge in [0.25, 0.3) is 0 Å². The van der Waals surface area contributed by atoms with Gasteiger partial charge in [0.15, 0.2) is 8.32 Å². The van der Waals surface area contributed by atoms with Gasteiger partial charge in [-0.15, -0.1) is 0 Å². The van der Waals surface area contributed by atoms with Crippen molar-refractivity contribution >= 4 is 20.2 Å². The molecule has 1 saturated heterocycles. The average Bonchev–Trinajstić information content (AvgIpc) is 2.10. The third-order valence-corrected chi connectivity index (χ3v) is 8.59. The molecule has 0 bridgehead atoms. The van der Waals surface area contributed by atoms with Crippen molar-refractivity contribution in [2.45, 2.75) is 58.0 Å². The first-order valence-electron chi connectivity index (χ1n) is 6.18. The molecule has 1 aliphatic heterocycles. The molecule has 1 amide bonds. The van der Waals surface area contributed by atoms with Crippen molar-refractivity contribution in [2.75, 3.05) is 0 Å². The molecule has 1 fully saturated rings. The highest BCUT2D eigenvalue weighted by atomic mass is 28.4. The lowest BCUT2D eigenvalue weighted by molar-refractivity contribution is -0.156. The van der Waals surface area contributed by atoms with E-state index >= 15 is 0 Å². The number of β-lactam (4-membered cyclic amide) rings is 1. The van der Waals surface area contributed by atoms with Crippen LogP contribution in [0, 0.1) is 5.92 Å². The predicted octanol–water partition coefficient (Wildman–Crippen LogP) is 1.60. The standard InChI is InChI=1S/C12H23NO4Si/c1-7(17-18(5,6)12(2,3)4)8-9(11(15)16)13-10(8)14/h7-9H,1-6H3,(H,13,14)(H,15,16)/t7-,8-,9+/m1/s1. The molecule has 1 rings (SSSR count). The molecule has 0 spiro atoms. The van der Waals surface area contributed by atoms with Crippen LogP contribution < -0.4 is 5.32 Å². The van der Waals surface area contributed by atoms with Crippen LogP contribution in [0.25, 0.3) is 0 Å². The Labute approximate surface area is 109 Å². The summed E-state index contributed by atoms with van der Waals surface area (Å²) in [5, 5.41) is 11.4. The summed E-state index contributed by atoms with van der Waals surface area (Å²) in [5.41, 5.74) is 0. The number of rotatable bonds is 4. The van der Waals surface area contributed by atoms with E-state index in [4.69, 9.17) is 9.53 Å². The molecule has 5 nitrogen and oxygen atoms in total. The predicted molar refractivity (Wildman–Crippen MR) is 70.8 cm³/mol. The lowest BCUT2D eigenvalue weighted by atomic mass is 9.86. The Morgan fingerprint density at radius 2 is 1.94 bits per heavy atom. The molecule has 0 radical (unpaired) electrons. The van der Waals surface area contributed by atoms with E-state index in [1.807, 2.05) is 0 Å². The summed E-state index contributed by atoms with van der Waals surface area (Å²) in [6.07, 6.45) is -0.360. The minimum absolute atomic E-state index is 0.0419. The normalized spacial score (nSPS) is 26.2. The zero-order valence-corrected chi connectivity index (χ0v) is 12.9. The lowest BCUT2D eigenvalue weighted by Crippen LogP contribution is -2.66. The molecule has 1 heterocycles. The van der Waals surface area contributed by atoms with Crippen LogP contribution in [0.1, 0.15) is 27.7 Å². The van der Waals surface area contributed by atoms with Crippen LogP contribution in [0.3, 0.4) is 0 Å². The van der Waals surface area contributed by atoms with E-state index in [0.29, 0.717) is 0 Å². The summed E-state index contributed by atoms with van der Waals surface area (Å²) in [6, 6.07) is -0.808. The number of carboxylic acid groups (broad SMARTS) is 1. The van der Waals surface area contributed by atoms with Crippen molar-refractivity contribution in [2.24, 2.45) is 5.92 Å². The highest BCUT2D eigenvalue weighted by Crippen LogP contribution is 2.38. The Hall–Kier alpha value is -0.883. The maximum atomic E-state index is 11.5. The van der Waals surface area contributed by atoms with Gasteiger partial charge in [0.05, 0.1) is 12.0 Å². The molecule has 3 atom stereocenters. The summed E-state index contributed by atoms with van der Waals surface area (Å²) in [6.45, 7) is 12.3. The number of hydrogen-bond donors (Lipinski definition) is 2. The van der Waals surface area contributed by atoms with Gasteiger partial charge in [0, 0.05) is 0 Å². The van der Waals surface area contributed by atoms with E-state index in [1.54, 1.807) is 6.92 Å². The number of hydrogen-bond acceptors (Lipinski definition) is 3. The lowest BCUT2D eigenvalue weighted by Gasteiger charge is -2.44. The molecule has 18 heavy (non-hydrogen) atoms. The minimum atomic E-state index is -1.98. The third kappa shape index (κ3) is 2.75. The highest BCUT2D eigenvalue weighted by Gasteiger charge is 2.50. The average molecular weight is 273 g/mol. The Morgan fingerprint density at radius 3 is 2.28 bits per heavy atom. The fourth-order valence-electron chi connectivity index (χ4n) is 1.81. The van der Waals surface area contributed by atoms with Gasteiger partial charge < -0.3 is 14.8 Å². The van der Waals surface area contributed by atoms with Gasteiger partial charge >= 0.3 is 5.97 Å². The molecule has 0 saturated carbocycles. The molecule has 0 unspecified atom stereocenters. The summed E-state index contributed by atoms with van der Waals surface area (Å²) >= 11 is 0. The summed E-state index contributed by atoms with van der Waals surface area (Å²) in [7, 11) is -1.98. The summed E-state index contributed by atoms with van der Waals surface area (Å²) in [4.78, 5) is 22.4. The molecule has 0 aromatic heterocycles. The van der Waals surface area contributed by atoms with Crippen LogP contribution in [-0.4, -0.2) is 37.4 Å². The third-order valence-electron chi connectivity index (χ3n) is 4.02. The van der Waals surface area contributed by atoms with Gasteiger partial charge in [-0.3, -0.25) is 4.79 Å². The summed E-state index contributed by atoms with van der Waals surface area (Å²) < 4.78 is 6.07. The van der Waals surface area contributed by atoms with E-state index in [9.17, 15) is 9.59 Å². The van der Waals surface area contributed by atoms with Crippen molar-refractivity contribution < 1.29 is 19.1 Å². The molecular formula is C12H23NO4Si. The second-order valence-electron chi connectivity index (χ2n) is 6.43. The molecule has 0 aliphatic carbocycles. The first-order valence-corrected chi connectivity index (χ1v) is 9.09. The van der Waals surface area contributed by atoms with Crippen LogP contribution in [0.5, 0.6) is 0 Å². The van der Waals surface area contributed by atoms with Crippen molar-refractivity contribution in [3.8, 4) is 0 Å². The SMILES string of the molecule is C[C@@H](O[Si](C)(C)C(C)(C)C)[C@H]1C(=O)N[C@@H]1C(=O)O. The van der Waals surface area contributed by atoms with Gasteiger partial charge in [0.2, 0.25) is 5.91 Å². The van der Waals surface area contributed by atoms with Gasteiger partial charge in [0.1, 0.15) is 6.04 Å². The first kappa shape index (κ1) is 15.2. The zero-order valence-electron chi connectivity index (χ0n) is 11.9. The van der Waals surface area contributed by atoms with Gasteiger partial charge in [-0.2, -0.15) is 0 Å². The van der Waals surface area contributed by atoms with E-state index < -0.39 is 26.2 Å². The van der Waals surface area contributed by atoms with E-state index in [0.717, 1.165) is 0 Å². The topological polar surface area (TPSA) is 75.6 Å². The van der Waals surface area contributed by atoms with Crippen molar-refractivity contribution in [3.05, 3.63) is 0 Å². The molecule has 6 heteroatoms.